The second-order valence-corrected chi connectivity index (χ2v) is 6.77. The van der Waals surface area contributed by atoms with Crippen LogP contribution in [0.15, 0.2) is 17.5 Å². The van der Waals surface area contributed by atoms with Gasteiger partial charge in [0.1, 0.15) is 0 Å². The number of hydrogen-bond donors (Lipinski definition) is 3. The zero-order valence-electron chi connectivity index (χ0n) is 12.5. The van der Waals surface area contributed by atoms with Crippen LogP contribution in [0.5, 0.6) is 0 Å². The zero-order chi connectivity index (χ0) is 15.1. The fourth-order valence-corrected chi connectivity index (χ4v) is 3.28. The van der Waals surface area contributed by atoms with Crippen molar-refractivity contribution in [3.05, 3.63) is 22.4 Å². The van der Waals surface area contributed by atoms with Crippen molar-refractivity contribution < 1.29 is 9.90 Å². The van der Waals surface area contributed by atoms with Crippen molar-refractivity contribution in [1.82, 2.24) is 15.5 Å². The van der Waals surface area contributed by atoms with E-state index in [1.165, 1.54) is 4.88 Å². The number of urea groups is 1. The summed E-state index contributed by atoms with van der Waals surface area (Å²) in [6.07, 6.45) is 2.25. The van der Waals surface area contributed by atoms with Crippen molar-refractivity contribution >= 4 is 17.4 Å². The third-order valence-corrected chi connectivity index (χ3v) is 4.73. The Kier molecular flexibility index (Phi) is 6.48. The standard InChI is InChI=1S/C15H25N3O2S/c1-12(11-19)17-15(20)16-9-13-4-6-18(7-5-13)10-14-3-2-8-21-14/h2-3,8,12-13,19H,4-7,9-11H2,1H3,(H2,16,17,20). The molecule has 3 N–H and O–H groups in total. The molecule has 1 saturated heterocycles. The van der Waals surface area contributed by atoms with E-state index in [0.29, 0.717) is 5.92 Å². The molecule has 2 heterocycles. The van der Waals surface area contributed by atoms with E-state index in [1.54, 1.807) is 6.92 Å². The van der Waals surface area contributed by atoms with Gasteiger partial charge >= 0.3 is 6.03 Å². The minimum atomic E-state index is -0.197. The molecule has 1 aromatic heterocycles. The summed E-state index contributed by atoms with van der Waals surface area (Å²) in [4.78, 5) is 15.5. The first kappa shape index (κ1) is 16.3. The van der Waals surface area contributed by atoms with Crippen molar-refractivity contribution in [3.8, 4) is 0 Å². The molecule has 1 aliphatic rings. The Morgan fingerprint density at radius 3 is 2.90 bits per heavy atom. The van der Waals surface area contributed by atoms with Gasteiger partial charge in [-0.15, -0.1) is 11.3 Å². The van der Waals surface area contributed by atoms with Crippen LogP contribution in [-0.4, -0.2) is 48.3 Å². The van der Waals surface area contributed by atoms with Gasteiger partial charge in [0, 0.05) is 18.0 Å². The third kappa shape index (κ3) is 5.65. The largest absolute Gasteiger partial charge is 0.394 e. The maximum Gasteiger partial charge on any atom is 0.315 e. The van der Waals surface area contributed by atoms with Gasteiger partial charge in [-0.1, -0.05) is 6.07 Å². The number of rotatable bonds is 6. The molecule has 1 aromatic rings. The molecule has 2 rings (SSSR count). The van der Waals surface area contributed by atoms with Crippen molar-refractivity contribution in [2.45, 2.75) is 32.4 Å². The molecule has 21 heavy (non-hydrogen) atoms. The second kappa shape index (κ2) is 8.36. The molecule has 1 atom stereocenters. The lowest BCUT2D eigenvalue weighted by molar-refractivity contribution is 0.175. The lowest BCUT2D eigenvalue weighted by atomic mass is 9.97. The number of nitrogens with zero attached hydrogens (tertiary/aromatic N) is 1. The average molecular weight is 311 g/mol. The monoisotopic (exact) mass is 311 g/mol. The highest BCUT2D eigenvalue weighted by Gasteiger charge is 2.20. The van der Waals surface area contributed by atoms with Gasteiger partial charge < -0.3 is 15.7 Å². The number of carbonyl (C=O) groups excluding carboxylic acids is 1. The van der Waals surface area contributed by atoms with E-state index in [2.05, 4.69) is 33.0 Å². The number of nitrogens with one attached hydrogen (secondary N) is 2. The van der Waals surface area contributed by atoms with Gasteiger partial charge in [-0.2, -0.15) is 0 Å². The number of hydrogen-bond acceptors (Lipinski definition) is 4. The molecule has 1 unspecified atom stereocenters. The van der Waals surface area contributed by atoms with Crippen LogP contribution in [0.3, 0.4) is 0 Å². The van der Waals surface area contributed by atoms with Crippen LogP contribution in [0.1, 0.15) is 24.6 Å². The Labute approximate surface area is 130 Å². The molecule has 0 aromatic carbocycles. The van der Waals surface area contributed by atoms with Crippen molar-refractivity contribution in [3.63, 3.8) is 0 Å². The van der Waals surface area contributed by atoms with Crippen molar-refractivity contribution in [1.29, 1.82) is 0 Å². The Hall–Kier alpha value is -1.11. The zero-order valence-corrected chi connectivity index (χ0v) is 13.4. The van der Waals surface area contributed by atoms with Crippen LogP contribution in [0.25, 0.3) is 0 Å². The average Bonchev–Trinajstić information content (AvgIpc) is 2.99. The van der Waals surface area contributed by atoms with Gasteiger partial charge in [-0.3, -0.25) is 4.90 Å². The highest BCUT2D eigenvalue weighted by Crippen LogP contribution is 2.20. The Morgan fingerprint density at radius 1 is 1.52 bits per heavy atom. The third-order valence-electron chi connectivity index (χ3n) is 3.87. The summed E-state index contributed by atoms with van der Waals surface area (Å²) in [7, 11) is 0. The molecule has 2 amide bonds. The molecule has 118 valence electrons. The Balaban J connectivity index is 1.61. The van der Waals surface area contributed by atoms with Gasteiger partial charge in [0.25, 0.3) is 0 Å². The first-order valence-corrected chi connectivity index (χ1v) is 8.45. The number of aliphatic hydroxyl groups excluding tert-OH is 1. The molecule has 0 radical (unpaired) electrons. The molecular weight excluding hydrogens is 286 g/mol. The number of piperidine rings is 1. The van der Waals surface area contributed by atoms with E-state index in [1.807, 2.05) is 11.3 Å². The van der Waals surface area contributed by atoms with Crippen LogP contribution in [0, 0.1) is 5.92 Å². The maximum atomic E-state index is 11.6. The summed E-state index contributed by atoms with van der Waals surface area (Å²) in [6.45, 7) is 5.71. The number of carbonyl (C=O) groups is 1. The van der Waals surface area contributed by atoms with Gasteiger partial charge in [0.2, 0.25) is 0 Å². The van der Waals surface area contributed by atoms with Crippen LogP contribution in [0.2, 0.25) is 0 Å². The normalized spacial score (nSPS) is 18.4. The van der Waals surface area contributed by atoms with Gasteiger partial charge in [-0.25, -0.2) is 4.79 Å². The molecular formula is C15H25N3O2S. The summed E-state index contributed by atoms with van der Waals surface area (Å²) in [6, 6.07) is 3.91. The minimum absolute atomic E-state index is 0.0332. The molecule has 0 aliphatic carbocycles. The highest BCUT2D eigenvalue weighted by atomic mass is 32.1. The van der Waals surface area contributed by atoms with Crippen molar-refractivity contribution in [2.75, 3.05) is 26.2 Å². The number of amides is 2. The smallest absolute Gasteiger partial charge is 0.315 e. The van der Waals surface area contributed by atoms with Crippen LogP contribution >= 0.6 is 11.3 Å². The van der Waals surface area contributed by atoms with E-state index in [9.17, 15) is 4.79 Å². The molecule has 0 saturated carbocycles. The summed E-state index contributed by atoms with van der Waals surface area (Å²) < 4.78 is 0. The Bertz CT molecular complexity index is 417. The summed E-state index contributed by atoms with van der Waals surface area (Å²) in [5, 5.41) is 16.6. The van der Waals surface area contributed by atoms with Gasteiger partial charge in [0.15, 0.2) is 0 Å². The fraction of sp³-hybridized carbons (Fsp3) is 0.667. The predicted octanol–water partition coefficient (Wildman–Crippen LogP) is 1.64. The van der Waals surface area contributed by atoms with Gasteiger partial charge in [-0.05, 0) is 50.2 Å². The van der Waals surface area contributed by atoms with E-state index in [0.717, 1.165) is 39.0 Å². The molecule has 5 nitrogen and oxygen atoms in total. The molecule has 1 fully saturated rings. The van der Waals surface area contributed by atoms with Crippen LogP contribution in [0.4, 0.5) is 4.79 Å². The minimum Gasteiger partial charge on any atom is -0.394 e. The predicted molar refractivity (Wildman–Crippen MR) is 85.4 cm³/mol. The van der Waals surface area contributed by atoms with Crippen molar-refractivity contribution in [2.24, 2.45) is 5.92 Å². The molecule has 6 heteroatoms. The number of thiophene rings is 1. The number of aliphatic hydroxyl groups is 1. The first-order chi connectivity index (χ1) is 10.2. The molecule has 1 aliphatic heterocycles. The highest BCUT2D eigenvalue weighted by molar-refractivity contribution is 7.09. The van der Waals surface area contributed by atoms with E-state index in [-0.39, 0.29) is 18.7 Å². The fourth-order valence-electron chi connectivity index (χ4n) is 2.53. The molecule has 0 spiro atoms. The SMILES string of the molecule is CC(CO)NC(=O)NCC1CCN(Cc2cccs2)CC1. The topological polar surface area (TPSA) is 64.6 Å². The van der Waals surface area contributed by atoms with Crippen LogP contribution < -0.4 is 10.6 Å². The summed E-state index contributed by atoms with van der Waals surface area (Å²) in [5.74, 6) is 0.555. The summed E-state index contributed by atoms with van der Waals surface area (Å²) >= 11 is 1.81. The quantitative estimate of drug-likeness (QED) is 0.748. The maximum absolute atomic E-state index is 11.6. The van der Waals surface area contributed by atoms with E-state index in [4.69, 9.17) is 5.11 Å². The lowest BCUT2D eigenvalue weighted by Gasteiger charge is -2.31. The lowest BCUT2D eigenvalue weighted by Crippen LogP contribution is -2.45. The number of likely N-dealkylation sites (tertiary alicyclic amines) is 1. The second-order valence-electron chi connectivity index (χ2n) is 5.74. The summed E-state index contributed by atoms with van der Waals surface area (Å²) in [5.41, 5.74) is 0. The first-order valence-electron chi connectivity index (χ1n) is 7.57. The van der Waals surface area contributed by atoms with E-state index < -0.39 is 0 Å². The van der Waals surface area contributed by atoms with E-state index >= 15 is 0 Å². The molecule has 0 bridgehead atoms. The van der Waals surface area contributed by atoms with Crippen LogP contribution in [-0.2, 0) is 6.54 Å². The van der Waals surface area contributed by atoms with Gasteiger partial charge in [0.05, 0.1) is 12.6 Å². The Morgan fingerprint density at radius 2 is 2.29 bits per heavy atom.